The van der Waals surface area contributed by atoms with Crippen LogP contribution in [-0.4, -0.2) is 69.1 Å². The number of esters is 3. The van der Waals surface area contributed by atoms with E-state index in [-0.39, 0.29) is 47.3 Å². The van der Waals surface area contributed by atoms with Crippen LogP contribution in [0.2, 0.25) is 0 Å². The molecular weight excluding hydrogens is 561 g/mol. The SMILES string of the molecule is CCOC(=S)SC(CCC(=O)CCC(SC(=S)OCC)C(CCCCOC(C)=O)OC(C)=O)OC(C)=O. The van der Waals surface area contributed by atoms with E-state index in [1.807, 2.05) is 6.92 Å². The number of hydrogen-bond donors (Lipinski definition) is 0. The van der Waals surface area contributed by atoms with Crippen LogP contribution in [0.25, 0.3) is 0 Å². The normalized spacial score (nSPS) is 13.0. The van der Waals surface area contributed by atoms with E-state index < -0.39 is 23.5 Å². The van der Waals surface area contributed by atoms with Crippen molar-refractivity contribution in [2.45, 2.75) is 96.4 Å². The second kappa shape index (κ2) is 21.5. The van der Waals surface area contributed by atoms with Gasteiger partial charge in [-0.1, -0.05) is 11.8 Å². The Labute approximate surface area is 238 Å². The third-order valence-electron chi connectivity index (χ3n) is 4.58. The van der Waals surface area contributed by atoms with Crippen LogP contribution in [-0.2, 0) is 42.9 Å². The van der Waals surface area contributed by atoms with Gasteiger partial charge in [0.15, 0.2) is 5.44 Å². The van der Waals surface area contributed by atoms with Gasteiger partial charge in [-0.25, -0.2) is 0 Å². The molecule has 0 aliphatic heterocycles. The van der Waals surface area contributed by atoms with Crippen LogP contribution in [0.5, 0.6) is 0 Å². The van der Waals surface area contributed by atoms with Gasteiger partial charge in [-0.3, -0.25) is 19.2 Å². The summed E-state index contributed by atoms with van der Waals surface area (Å²) in [6.07, 6.45) is 2.36. The molecule has 0 aromatic heterocycles. The van der Waals surface area contributed by atoms with Gasteiger partial charge in [-0.2, -0.15) is 0 Å². The summed E-state index contributed by atoms with van der Waals surface area (Å²) in [5.41, 5.74) is -0.623. The number of carbonyl (C=O) groups excluding carboxylic acids is 4. The van der Waals surface area contributed by atoms with Crippen molar-refractivity contribution in [3.8, 4) is 0 Å². The van der Waals surface area contributed by atoms with E-state index in [1.165, 1.54) is 32.5 Å². The Morgan fingerprint density at radius 2 is 1.27 bits per heavy atom. The standard InChI is InChI=1S/C24H38O9S4/c1-6-29-23(34)36-21(20(32-17(4)26)10-8-9-15-31-16(3)25)13-11-19(28)12-14-22(33-18(5)27)37-24(35)30-7-2/h20-22H,6-15H2,1-5H3. The minimum atomic E-state index is -0.623. The molecule has 0 rings (SSSR count). The molecule has 3 atom stereocenters. The largest absolute Gasteiger partial charge is 0.479 e. The predicted molar refractivity (Wildman–Crippen MR) is 152 cm³/mol. The molecule has 9 nitrogen and oxygen atoms in total. The number of unbranched alkanes of at least 4 members (excludes halogenated alkanes) is 1. The topological polar surface area (TPSA) is 114 Å². The van der Waals surface area contributed by atoms with Gasteiger partial charge in [-0.15, -0.1) is 0 Å². The van der Waals surface area contributed by atoms with Crippen LogP contribution in [0.15, 0.2) is 0 Å². The zero-order valence-electron chi connectivity index (χ0n) is 22.1. The van der Waals surface area contributed by atoms with Crippen molar-refractivity contribution in [1.82, 2.24) is 0 Å². The molecule has 37 heavy (non-hydrogen) atoms. The molecule has 0 saturated heterocycles. The second-order valence-corrected chi connectivity index (χ2v) is 11.4. The minimum absolute atomic E-state index is 0.0376. The lowest BCUT2D eigenvalue weighted by molar-refractivity contribution is -0.147. The molecule has 0 spiro atoms. The monoisotopic (exact) mass is 598 g/mol. The number of thiocarbonyl (C=S) groups is 2. The van der Waals surface area contributed by atoms with Gasteiger partial charge in [-0.05, 0) is 75.7 Å². The highest BCUT2D eigenvalue weighted by Crippen LogP contribution is 2.29. The fourth-order valence-electron chi connectivity index (χ4n) is 3.09. The number of rotatable bonds is 18. The van der Waals surface area contributed by atoms with E-state index in [4.69, 9.17) is 48.1 Å². The fraction of sp³-hybridized carbons (Fsp3) is 0.750. The van der Waals surface area contributed by atoms with Crippen LogP contribution < -0.4 is 0 Å². The molecule has 0 aliphatic rings. The van der Waals surface area contributed by atoms with Crippen molar-refractivity contribution >= 4 is 80.4 Å². The molecule has 0 radical (unpaired) electrons. The van der Waals surface area contributed by atoms with Gasteiger partial charge >= 0.3 is 17.9 Å². The maximum Gasteiger partial charge on any atom is 0.303 e. The number of hydrogen-bond acceptors (Lipinski definition) is 13. The summed E-state index contributed by atoms with van der Waals surface area (Å²) in [4.78, 5) is 46.9. The summed E-state index contributed by atoms with van der Waals surface area (Å²) in [6, 6.07) is 0. The predicted octanol–water partition coefficient (Wildman–Crippen LogP) is 5.15. The van der Waals surface area contributed by atoms with Crippen molar-refractivity contribution in [2.75, 3.05) is 19.8 Å². The van der Waals surface area contributed by atoms with E-state index in [0.29, 0.717) is 43.3 Å². The lowest BCUT2D eigenvalue weighted by atomic mass is 10.0. The molecular formula is C24H38O9S4. The third-order valence-corrected chi connectivity index (χ3v) is 7.45. The summed E-state index contributed by atoms with van der Waals surface area (Å²) >= 11 is 12.8. The lowest BCUT2D eigenvalue weighted by Gasteiger charge is -2.26. The van der Waals surface area contributed by atoms with E-state index in [2.05, 4.69) is 0 Å². The molecule has 0 N–H and O–H groups in total. The Hall–Kier alpha value is -1.44. The maximum absolute atomic E-state index is 12.7. The Bertz CT molecular complexity index is 761. The first-order valence-corrected chi connectivity index (χ1v) is 14.7. The lowest BCUT2D eigenvalue weighted by Crippen LogP contribution is -2.30. The van der Waals surface area contributed by atoms with Crippen LogP contribution in [0.4, 0.5) is 0 Å². The van der Waals surface area contributed by atoms with Crippen molar-refractivity contribution in [3.05, 3.63) is 0 Å². The smallest absolute Gasteiger partial charge is 0.303 e. The zero-order valence-corrected chi connectivity index (χ0v) is 25.4. The van der Waals surface area contributed by atoms with Crippen LogP contribution in [0.3, 0.4) is 0 Å². The van der Waals surface area contributed by atoms with Crippen molar-refractivity contribution < 1.29 is 42.9 Å². The van der Waals surface area contributed by atoms with Gasteiger partial charge in [0.05, 0.1) is 25.1 Å². The number of ketones is 1. The van der Waals surface area contributed by atoms with E-state index in [1.54, 1.807) is 6.92 Å². The molecule has 0 amide bonds. The van der Waals surface area contributed by atoms with Crippen LogP contribution in [0, 0.1) is 0 Å². The first-order valence-electron chi connectivity index (χ1n) is 12.1. The fourth-order valence-corrected chi connectivity index (χ4v) is 5.85. The first-order chi connectivity index (χ1) is 17.5. The zero-order chi connectivity index (χ0) is 28.2. The molecule has 13 heteroatoms. The number of ether oxygens (including phenoxy) is 5. The van der Waals surface area contributed by atoms with Gasteiger partial charge in [0, 0.05) is 40.0 Å². The summed E-state index contributed by atoms with van der Waals surface area (Å²) in [5.74, 6) is -1.29. The van der Waals surface area contributed by atoms with Crippen molar-refractivity contribution in [3.63, 3.8) is 0 Å². The highest BCUT2D eigenvalue weighted by atomic mass is 32.2. The molecule has 0 saturated carbocycles. The Balaban J connectivity index is 5.15. The highest BCUT2D eigenvalue weighted by Gasteiger charge is 2.28. The summed E-state index contributed by atoms with van der Waals surface area (Å²) < 4.78 is 27.0. The summed E-state index contributed by atoms with van der Waals surface area (Å²) in [7, 11) is 0. The molecule has 3 unspecified atom stereocenters. The van der Waals surface area contributed by atoms with Gasteiger partial charge in [0.1, 0.15) is 11.9 Å². The maximum atomic E-state index is 12.7. The summed E-state index contributed by atoms with van der Waals surface area (Å²) in [5, 5.41) is -0.301. The molecule has 0 fully saturated rings. The van der Waals surface area contributed by atoms with Crippen LogP contribution >= 0.6 is 48.0 Å². The molecule has 0 aliphatic carbocycles. The first kappa shape index (κ1) is 35.6. The molecule has 0 heterocycles. The molecule has 212 valence electrons. The van der Waals surface area contributed by atoms with Crippen molar-refractivity contribution in [2.24, 2.45) is 0 Å². The molecule has 0 aromatic rings. The Kier molecular flexibility index (Phi) is 20.7. The number of carbonyl (C=O) groups is 4. The quantitative estimate of drug-likeness (QED) is 0.0682. The second-order valence-electron chi connectivity index (χ2n) is 7.78. The molecule has 0 bridgehead atoms. The third kappa shape index (κ3) is 20.2. The Morgan fingerprint density at radius 3 is 1.81 bits per heavy atom. The van der Waals surface area contributed by atoms with Gasteiger partial charge in [0.2, 0.25) is 8.77 Å². The van der Waals surface area contributed by atoms with Crippen molar-refractivity contribution in [1.29, 1.82) is 0 Å². The average Bonchev–Trinajstić information content (AvgIpc) is 2.78. The molecule has 0 aromatic carbocycles. The van der Waals surface area contributed by atoms with E-state index in [9.17, 15) is 19.2 Å². The van der Waals surface area contributed by atoms with Gasteiger partial charge < -0.3 is 23.7 Å². The number of thioether (sulfide) groups is 2. The van der Waals surface area contributed by atoms with E-state index in [0.717, 1.165) is 11.8 Å². The van der Waals surface area contributed by atoms with Crippen LogP contribution in [0.1, 0.15) is 79.6 Å². The number of Topliss-reactive ketones (excluding diaryl/α,β-unsaturated/α-hetero) is 1. The minimum Gasteiger partial charge on any atom is -0.479 e. The Morgan fingerprint density at radius 1 is 0.703 bits per heavy atom. The summed E-state index contributed by atoms with van der Waals surface area (Å²) in [6.45, 7) is 8.67. The van der Waals surface area contributed by atoms with E-state index >= 15 is 0 Å². The average molecular weight is 599 g/mol. The van der Waals surface area contributed by atoms with Gasteiger partial charge in [0.25, 0.3) is 0 Å². The highest BCUT2D eigenvalue weighted by molar-refractivity contribution is 8.23.